The van der Waals surface area contributed by atoms with Gasteiger partial charge in [-0.15, -0.1) is 4.68 Å². The van der Waals surface area contributed by atoms with Crippen LogP contribution in [0.5, 0.6) is 11.5 Å². The van der Waals surface area contributed by atoms with Gasteiger partial charge in [-0.2, -0.15) is 0 Å². The first-order valence-corrected chi connectivity index (χ1v) is 10.3. The van der Waals surface area contributed by atoms with Gasteiger partial charge in [0.1, 0.15) is 10.1 Å². The first-order chi connectivity index (χ1) is 13.5. The van der Waals surface area contributed by atoms with Crippen molar-refractivity contribution in [3.8, 4) is 11.5 Å². The van der Waals surface area contributed by atoms with Crippen LogP contribution in [0.1, 0.15) is 28.2 Å². The lowest BCUT2D eigenvalue weighted by Gasteiger charge is -2.14. The number of aryl methyl sites for hydroxylation is 5. The molecular weight excluding hydrogens is 394 g/mol. The quantitative estimate of drug-likeness (QED) is 0.366. The molecule has 0 saturated heterocycles. The van der Waals surface area contributed by atoms with Gasteiger partial charge < -0.3 is 14.0 Å². The zero-order valence-corrected chi connectivity index (χ0v) is 17.8. The van der Waals surface area contributed by atoms with Crippen molar-refractivity contribution in [2.24, 2.45) is 0 Å². The van der Waals surface area contributed by atoms with E-state index in [1.807, 2.05) is 32.9 Å². The standard InChI is InChI=1S/C11H12N3O2.C9H12O3S/c1-6-8-3-10-11(16-5-15-10)4-9(8)14(12)7(2)13-6;1-6-4-7(2)9(8(3)5-6)13(10,11)12/h3-4H,5,12H2,1-2H3;4-5H,1-3H3,(H,10,11,12)/q+1;/p-1. The van der Waals surface area contributed by atoms with Gasteiger partial charge >= 0.3 is 5.82 Å². The van der Waals surface area contributed by atoms with Crippen LogP contribution in [0.15, 0.2) is 29.2 Å². The topological polar surface area (TPSA) is 118 Å². The lowest BCUT2D eigenvalue weighted by molar-refractivity contribution is -0.621. The second-order valence-corrected chi connectivity index (χ2v) is 8.34. The first-order valence-electron chi connectivity index (χ1n) is 8.90. The van der Waals surface area contributed by atoms with E-state index >= 15 is 0 Å². The molecule has 1 aliphatic heterocycles. The second-order valence-electron chi connectivity index (χ2n) is 7.02. The Morgan fingerprint density at radius 2 is 1.55 bits per heavy atom. The normalized spacial score (nSPS) is 12.6. The molecule has 1 aliphatic rings. The summed E-state index contributed by atoms with van der Waals surface area (Å²) in [6.07, 6.45) is 0. The van der Waals surface area contributed by atoms with Crippen molar-refractivity contribution < 1.29 is 27.1 Å². The number of nitrogens with two attached hydrogens (primary N) is 1. The molecular formula is C20H23N3O5S. The smallest absolute Gasteiger partial charge is 0.318 e. The Hall–Kier alpha value is -2.91. The van der Waals surface area contributed by atoms with E-state index in [1.54, 1.807) is 30.7 Å². The molecule has 0 saturated carbocycles. The summed E-state index contributed by atoms with van der Waals surface area (Å²) in [6.45, 7) is 9.22. The minimum Gasteiger partial charge on any atom is -0.744 e. The van der Waals surface area contributed by atoms with E-state index in [2.05, 4.69) is 4.98 Å². The molecule has 29 heavy (non-hydrogen) atoms. The highest BCUT2D eigenvalue weighted by Gasteiger charge is 2.21. The number of ether oxygens (including phenoxy) is 2. The van der Waals surface area contributed by atoms with E-state index in [-0.39, 0.29) is 11.7 Å². The molecule has 3 aromatic rings. The van der Waals surface area contributed by atoms with Gasteiger partial charge in [0.2, 0.25) is 6.79 Å². The van der Waals surface area contributed by atoms with Crippen molar-refractivity contribution in [2.45, 2.75) is 39.5 Å². The van der Waals surface area contributed by atoms with Gasteiger partial charge in [0, 0.05) is 19.9 Å². The lowest BCUT2D eigenvalue weighted by Crippen LogP contribution is -2.48. The molecule has 0 radical (unpaired) electrons. The molecule has 0 spiro atoms. The lowest BCUT2D eigenvalue weighted by atomic mass is 10.1. The van der Waals surface area contributed by atoms with Crippen molar-refractivity contribution in [3.63, 3.8) is 0 Å². The Balaban J connectivity index is 0.000000170. The van der Waals surface area contributed by atoms with Crippen LogP contribution in [-0.2, 0) is 10.1 Å². The highest BCUT2D eigenvalue weighted by atomic mass is 32.2. The average molecular weight is 417 g/mol. The summed E-state index contributed by atoms with van der Waals surface area (Å²) in [4.78, 5) is 4.28. The van der Waals surface area contributed by atoms with Gasteiger partial charge in [0.15, 0.2) is 22.7 Å². The first kappa shape index (κ1) is 20.8. The summed E-state index contributed by atoms with van der Waals surface area (Å²) in [6, 6.07) is 7.19. The third-order valence-electron chi connectivity index (χ3n) is 4.67. The summed E-state index contributed by atoms with van der Waals surface area (Å²) in [5.41, 5.74) is 3.84. The number of nitrogen functional groups attached to an aromatic ring is 1. The van der Waals surface area contributed by atoms with Crippen LogP contribution in [0, 0.1) is 34.6 Å². The van der Waals surface area contributed by atoms with Crippen LogP contribution >= 0.6 is 0 Å². The number of hydrogen-bond donors (Lipinski definition) is 1. The van der Waals surface area contributed by atoms with E-state index in [1.165, 1.54) is 0 Å². The number of hydrogen-bond acceptors (Lipinski definition) is 7. The van der Waals surface area contributed by atoms with Crippen LogP contribution in [-0.4, -0.2) is 24.7 Å². The summed E-state index contributed by atoms with van der Waals surface area (Å²) in [7, 11) is -4.33. The van der Waals surface area contributed by atoms with Gasteiger partial charge in [0.25, 0.3) is 0 Å². The molecule has 0 unspecified atom stereocenters. The fraction of sp³-hybridized carbons (Fsp3) is 0.300. The molecule has 0 aliphatic carbocycles. The Morgan fingerprint density at radius 3 is 2.10 bits per heavy atom. The second kappa shape index (κ2) is 7.49. The van der Waals surface area contributed by atoms with E-state index in [9.17, 15) is 13.0 Å². The van der Waals surface area contributed by atoms with Crippen LogP contribution in [0.3, 0.4) is 0 Å². The highest BCUT2D eigenvalue weighted by molar-refractivity contribution is 7.85. The van der Waals surface area contributed by atoms with Gasteiger partial charge in [-0.25, -0.2) is 8.42 Å². The molecule has 9 heteroatoms. The predicted octanol–water partition coefficient (Wildman–Crippen LogP) is 2.10. The molecule has 4 rings (SSSR count). The van der Waals surface area contributed by atoms with Crippen molar-refractivity contribution in [2.75, 3.05) is 12.6 Å². The molecule has 0 atom stereocenters. The van der Waals surface area contributed by atoms with Crippen LogP contribution in [0.2, 0.25) is 0 Å². The Morgan fingerprint density at radius 1 is 1.00 bits per heavy atom. The Labute approximate surface area is 169 Å². The SMILES string of the molecule is Cc1cc(C)c(S(=O)(=O)[O-])c(C)c1.Cc1nc(C)[n+](N)c2cc3c(cc12)OCO3. The van der Waals surface area contributed by atoms with E-state index in [0.717, 1.165) is 39.5 Å². The van der Waals surface area contributed by atoms with Gasteiger partial charge in [-0.3, -0.25) is 5.84 Å². The molecule has 2 aromatic carbocycles. The fourth-order valence-electron chi connectivity index (χ4n) is 3.51. The molecule has 2 heterocycles. The molecule has 0 amide bonds. The maximum atomic E-state index is 10.8. The minimum absolute atomic E-state index is 0.0851. The molecule has 1 aromatic heterocycles. The van der Waals surface area contributed by atoms with Crippen LogP contribution < -0.4 is 20.0 Å². The number of benzene rings is 2. The number of rotatable bonds is 1. The van der Waals surface area contributed by atoms with E-state index in [4.69, 9.17) is 15.3 Å². The van der Waals surface area contributed by atoms with Gasteiger partial charge in [-0.05, 0) is 42.9 Å². The third-order valence-corrected chi connectivity index (χ3v) is 5.82. The molecule has 8 nitrogen and oxygen atoms in total. The Kier molecular flexibility index (Phi) is 5.38. The van der Waals surface area contributed by atoms with Gasteiger partial charge in [-0.1, -0.05) is 17.7 Å². The van der Waals surface area contributed by atoms with Crippen molar-refractivity contribution in [3.05, 3.63) is 52.5 Å². The molecule has 2 N–H and O–H groups in total. The maximum absolute atomic E-state index is 10.8. The maximum Gasteiger partial charge on any atom is 0.318 e. The summed E-state index contributed by atoms with van der Waals surface area (Å²) < 4.78 is 44.7. The van der Waals surface area contributed by atoms with Crippen molar-refractivity contribution >= 4 is 21.0 Å². The Bertz CT molecular complexity index is 1200. The highest BCUT2D eigenvalue weighted by Crippen LogP contribution is 2.35. The average Bonchev–Trinajstić information content (AvgIpc) is 3.04. The van der Waals surface area contributed by atoms with Gasteiger partial charge in [0.05, 0.1) is 10.3 Å². The number of nitrogens with zero attached hydrogens (tertiary/aromatic N) is 2. The molecule has 154 valence electrons. The van der Waals surface area contributed by atoms with Crippen molar-refractivity contribution in [1.29, 1.82) is 0 Å². The van der Waals surface area contributed by atoms with Crippen LogP contribution in [0.4, 0.5) is 0 Å². The zero-order valence-electron chi connectivity index (χ0n) is 16.9. The third kappa shape index (κ3) is 4.10. The van der Waals surface area contributed by atoms with Crippen molar-refractivity contribution in [1.82, 2.24) is 4.98 Å². The number of fused-ring (bicyclic) bond motifs is 2. The molecule has 0 fully saturated rings. The van der Waals surface area contributed by atoms with E-state index in [0.29, 0.717) is 11.1 Å². The molecule has 0 bridgehead atoms. The fourth-order valence-corrected chi connectivity index (χ4v) is 4.42. The predicted molar refractivity (Wildman–Crippen MR) is 106 cm³/mol. The summed E-state index contributed by atoms with van der Waals surface area (Å²) >= 11 is 0. The van der Waals surface area contributed by atoms with E-state index < -0.39 is 10.1 Å². The van der Waals surface area contributed by atoms with Crippen LogP contribution in [0.25, 0.3) is 10.9 Å². The summed E-state index contributed by atoms with van der Waals surface area (Å²) in [5, 5.41) is 0.984. The summed E-state index contributed by atoms with van der Waals surface area (Å²) in [5.74, 6) is 8.19. The minimum atomic E-state index is -4.33. The largest absolute Gasteiger partial charge is 0.744 e. The zero-order chi connectivity index (χ0) is 21.5. The monoisotopic (exact) mass is 417 g/mol. The number of aromatic nitrogens is 2.